The van der Waals surface area contributed by atoms with Crippen molar-refractivity contribution in [3.63, 3.8) is 0 Å². The molecule has 4 nitrogen and oxygen atoms in total. The lowest BCUT2D eigenvalue weighted by atomic mass is 10.3. The van der Waals surface area contributed by atoms with E-state index in [9.17, 15) is 4.79 Å². The van der Waals surface area contributed by atoms with Crippen LogP contribution in [0.3, 0.4) is 0 Å². The van der Waals surface area contributed by atoms with Gasteiger partial charge in [0.15, 0.2) is 0 Å². The molecule has 0 aliphatic carbocycles. The third-order valence-corrected chi connectivity index (χ3v) is 2.05. The van der Waals surface area contributed by atoms with Gasteiger partial charge in [-0.1, -0.05) is 6.58 Å². The van der Waals surface area contributed by atoms with E-state index in [0.717, 1.165) is 5.69 Å². The Morgan fingerprint density at radius 2 is 2.36 bits per heavy atom. The predicted octanol–water partition coefficient (Wildman–Crippen LogP) is 1.65. The Hall–Kier alpha value is -1.58. The van der Waals surface area contributed by atoms with E-state index in [2.05, 4.69) is 16.9 Å². The molecule has 4 heteroatoms. The van der Waals surface area contributed by atoms with Crippen LogP contribution in [0.1, 0.15) is 36.1 Å². The van der Waals surface area contributed by atoms with Crippen molar-refractivity contribution in [2.75, 3.05) is 0 Å². The molecule has 0 aliphatic rings. The Balaban J connectivity index is 3.00. The Morgan fingerprint density at radius 1 is 1.71 bits per heavy atom. The van der Waals surface area contributed by atoms with Crippen LogP contribution in [0.2, 0.25) is 0 Å². The first-order chi connectivity index (χ1) is 6.57. The molecule has 1 aromatic rings. The lowest BCUT2D eigenvalue weighted by Gasteiger charge is -2.08. The average Bonchev–Trinajstić information content (AvgIpc) is 2.47. The fourth-order valence-corrected chi connectivity index (χ4v) is 1.33. The number of hydrogen-bond acceptors (Lipinski definition) is 2. The van der Waals surface area contributed by atoms with Crippen LogP contribution in [-0.4, -0.2) is 15.5 Å². The molecular weight excluding hydrogens is 178 g/mol. The SMILES string of the molecule is C=CNC(=O)c1ncn(C(C)C)c1C. The highest BCUT2D eigenvalue weighted by Crippen LogP contribution is 2.12. The first kappa shape index (κ1) is 10.5. The molecule has 0 fully saturated rings. The number of aromatic nitrogens is 2. The largest absolute Gasteiger partial charge is 0.332 e. The van der Waals surface area contributed by atoms with Crippen molar-refractivity contribution in [3.05, 3.63) is 30.5 Å². The molecule has 76 valence electrons. The first-order valence-electron chi connectivity index (χ1n) is 4.53. The van der Waals surface area contributed by atoms with E-state index in [1.807, 2.05) is 25.3 Å². The van der Waals surface area contributed by atoms with Gasteiger partial charge in [0.2, 0.25) is 0 Å². The molecule has 1 amide bonds. The summed E-state index contributed by atoms with van der Waals surface area (Å²) in [6.45, 7) is 9.40. The molecule has 0 aromatic carbocycles. The summed E-state index contributed by atoms with van der Waals surface area (Å²) < 4.78 is 1.96. The van der Waals surface area contributed by atoms with Crippen LogP contribution in [-0.2, 0) is 0 Å². The van der Waals surface area contributed by atoms with Gasteiger partial charge in [0.05, 0.1) is 6.33 Å². The molecule has 1 heterocycles. The predicted molar refractivity (Wildman–Crippen MR) is 55.0 cm³/mol. The quantitative estimate of drug-likeness (QED) is 0.793. The van der Waals surface area contributed by atoms with Crippen molar-refractivity contribution in [1.82, 2.24) is 14.9 Å². The van der Waals surface area contributed by atoms with Gasteiger partial charge < -0.3 is 9.88 Å². The van der Waals surface area contributed by atoms with E-state index < -0.39 is 0 Å². The summed E-state index contributed by atoms with van der Waals surface area (Å²) in [7, 11) is 0. The molecule has 0 radical (unpaired) electrons. The number of amides is 1. The molecular formula is C10H15N3O. The number of carbonyl (C=O) groups is 1. The van der Waals surface area contributed by atoms with E-state index in [0.29, 0.717) is 11.7 Å². The molecule has 0 saturated carbocycles. The molecule has 14 heavy (non-hydrogen) atoms. The van der Waals surface area contributed by atoms with E-state index >= 15 is 0 Å². The lowest BCUT2D eigenvalue weighted by molar-refractivity contribution is 0.0965. The van der Waals surface area contributed by atoms with Crippen molar-refractivity contribution >= 4 is 5.91 Å². The molecule has 0 saturated heterocycles. The molecule has 1 rings (SSSR count). The molecule has 1 N–H and O–H groups in total. The summed E-state index contributed by atoms with van der Waals surface area (Å²) in [5.74, 6) is -0.211. The van der Waals surface area contributed by atoms with Crippen LogP contribution in [0.4, 0.5) is 0 Å². The Kier molecular flexibility index (Phi) is 3.06. The Labute approximate surface area is 83.6 Å². The smallest absolute Gasteiger partial charge is 0.275 e. The number of hydrogen-bond donors (Lipinski definition) is 1. The number of rotatable bonds is 3. The maximum absolute atomic E-state index is 11.4. The second-order valence-electron chi connectivity index (χ2n) is 3.36. The van der Waals surface area contributed by atoms with Crippen LogP contribution in [0.5, 0.6) is 0 Å². The average molecular weight is 193 g/mol. The summed E-state index contributed by atoms with van der Waals surface area (Å²) in [5.41, 5.74) is 1.33. The normalized spacial score (nSPS) is 10.3. The minimum absolute atomic E-state index is 0.211. The summed E-state index contributed by atoms with van der Waals surface area (Å²) in [6, 6.07) is 0.313. The molecule has 1 aromatic heterocycles. The highest BCUT2D eigenvalue weighted by molar-refractivity contribution is 5.93. The van der Waals surface area contributed by atoms with Crippen LogP contribution in [0.25, 0.3) is 0 Å². The molecule has 0 spiro atoms. The minimum Gasteiger partial charge on any atom is -0.332 e. The Morgan fingerprint density at radius 3 is 2.79 bits per heavy atom. The second-order valence-corrected chi connectivity index (χ2v) is 3.36. The fourth-order valence-electron chi connectivity index (χ4n) is 1.33. The van der Waals surface area contributed by atoms with Gasteiger partial charge in [0.25, 0.3) is 5.91 Å². The van der Waals surface area contributed by atoms with Crippen molar-refractivity contribution in [2.45, 2.75) is 26.8 Å². The van der Waals surface area contributed by atoms with Gasteiger partial charge in [0, 0.05) is 11.7 Å². The van der Waals surface area contributed by atoms with Gasteiger partial charge in [-0.3, -0.25) is 4.79 Å². The van der Waals surface area contributed by atoms with Gasteiger partial charge in [-0.05, 0) is 27.0 Å². The third kappa shape index (κ3) is 1.84. The first-order valence-corrected chi connectivity index (χ1v) is 4.53. The molecule has 0 aliphatic heterocycles. The standard InChI is InChI=1S/C10H15N3O/c1-5-11-10(14)9-8(4)13(6-12-9)7(2)3/h5-7H,1H2,2-4H3,(H,11,14). The lowest BCUT2D eigenvalue weighted by Crippen LogP contribution is -2.18. The monoisotopic (exact) mass is 193 g/mol. The molecule has 0 unspecified atom stereocenters. The number of nitrogens with one attached hydrogen (secondary N) is 1. The van der Waals surface area contributed by atoms with Crippen LogP contribution >= 0.6 is 0 Å². The number of carbonyl (C=O) groups excluding carboxylic acids is 1. The maximum atomic E-state index is 11.4. The van der Waals surface area contributed by atoms with Gasteiger partial charge in [-0.25, -0.2) is 4.98 Å². The van der Waals surface area contributed by atoms with Crippen molar-refractivity contribution in [2.24, 2.45) is 0 Å². The number of nitrogens with zero attached hydrogens (tertiary/aromatic N) is 2. The van der Waals surface area contributed by atoms with E-state index in [-0.39, 0.29) is 5.91 Å². The van der Waals surface area contributed by atoms with Gasteiger partial charge in [-0.2, -0.15) is 0 Å². The van der Waals surface area contributed by atoms with Crippen molar-refractivity contribution in [3.8, 4) is 0 Å². The zero-order valence-corrected chi connectivity index (χ0v) is 8.74. The van der Waals surface area contributed by atoms with E-state index in [4.69, 9.17) is 0 Å². The third-order valence-electron chi connectivity index (χ3n) is 2.05. The zero-order chi connectivity index (χ0) is 10.7. The van der Waals surface area contributed by atoms with E-state index in [1.165, 1.54) is 6.20 Å². The highest BCUT2D eigenvalue weighted by Gasteiger charge is 2.14. The van der Waals surface area contributed by atoms with Crippen LogP contribution in [0, 0.1) is 6.92 Å². The summed E-state index contributed by atoms with van der Waals surface area (Å²) in [6.07, 6.45) is 3.04. The van der Waals surface area contributed by atoms with Crippen LogP contribution < -0.4 is 5.32 Å². The molecule has 0 bridgehead atoms. The van der Waals surface area contributed by atoms with Crippen LogP contribution in [0.15, 0.2) is 19.1 Å². The highest BCUT2D eigenvalue weighted by atomic mass is 16.1. The summed E-state index contributed by atoms with van der Waals surface area (Å²) >= 11 is 0. The van der Waals surface area contributed by atoms with Crippen molar-refractivity contribution < 1.29 is 4.79 Å². The Bertz CT molecular complexity index is 352. The van der Waals surface area contributed by atoms with E-state index in [1.54, 1.807) is 6.33 Å². The summed E-state index contributed by atoms with van der Waals surface area (Å²) in [4.78, 5) is 15.5. The second kappa shape index (κ2) is 4.09. The minimum atomic E-state index is -0.211. The number of imidazole rings is 1. The van der Waals surface area contributed by atoms with Crippen molar-refractivity contribution in [1.29, 1.82) is 0 Å². The topological polar surface area (TPSA) is 46.9 Å². The fraction of sp³-hybridized carbons (Fsp3) is 0.400. The van der Waals surface area contributed by atoms with Gasteiger partial charge >= 0.3 is 0 Å². The van der Waals surface area contributed by atoms with Gasteiger partial charge in [-0.15, -0.1) is 0 Å². The van der Waals surface area contributed by atoms with Gasteiger partial charge in [0.1, 0.15) is 5.69 Å². The summed E-state index contributed by atoms with van der Waals surface area (Å²) in [5, 5.41) is 2.50. The maximum Gasteiger partial charge on any atom is 0.275 e. The molecule has 0 atom stereocenters. The zero-order valence-electron chi connectivity index (χ0n) is 8.74.